The van der Waals surface area contributed by atoms with Gasteiger partial charge in [0, 0.05) is 18.4 Å². The molecule has 1 aliphatic heterocycles. The van der Waals surface area contributed by atoms with Crippen LogP contribution in [0.3, 0.4) is 0 Å². The Labute approximate surface area is 65.8 Å². The Balaban J connectivity index is 2.22. The lowest BCUT2D eigenvalue weighted by molar-refractivity contribution is -0.105. The number of aliphatic imine (C=N–C) groups is 1. The number of hydrogen-bond donors (Lipinski definition) is 0. The van der Waals surface area contributed by atoms with Crippen molar-refractivity contribution in [1.29, 1.82) is 0 Å². The Bertz CT molecular complexity index is 202. The van der Waals surface area contributed by atoms with E-state index in [0.29, 0.717) is 12.3 Å². The van der Waals surface area contributed by atoms with Gasteiger partial charge in [-0.15, -0.1) is 0 Å². The topological polar surface area (TPSA) is 38.7 Å². The highest BCUT2D eigenvalue weighted by molar-refractivity contribution is 5.97. The van der Waals surface area contributed by atoms with Crippen molar-refractivity contribution in [2.75, 3.05) is 13.2 Å². The lowest BCUT2D eigenvalue weighted by Gasteiger charge is -2.09. The van der Waals surface area contributed by atoms with E-state index in [2.05, 4.69) is 4.99 Å². The Kier molecular flexibility index (Phi) is 2.98. The number of hydrogen-bond acceptors (Lipinski definition) is 3. The van der Waals surface area contributed by atoms with Crippen LogP contribution in [0.25, 0.3) is 0 Å². The van der Waals surface area contributed by atoms with Gasteiger partial charge in [0.05, 0.1) is 6.61 Å². The fourth-order valence-corrected chi connectivity index (χ4v) is 0.856. The Morgan fingerprint density at radius 2 is 2.55 bits per heavy atom. The summed E-state index contributed by atoms with van der Waals surface area (Å²) in [6.07, 6.45) is 3.29. The average molecular weight is 153 g/mol. The molecule has 0 radical (unpaired) electrons. The smallest absolute Gasteiger partial charge is 0.168 e. The summed E-state index contributed by atoms with van der Waals surface area (Å²) in [4.78, 5) is 14.0. The minimum Gasteiger partial charge on any atom is -0.381 e. The zero-order valence-electron chi connectivity index (χ0n) is 6.54. The molecule has 1 rings (SSSR count). The van der Waals surface area contributed by atoms with Crippen molar-refractivity contribution in [3.8, 4) is 0 Å². The lowest BCUT2D eigenvalue weighted by Crippen LogP contribution is -2.06. The van der Waals surface area contributed by atoms with Crippen LogP contribution in [-0.2, 0) is 9.53 Å². The van der Waals surface area contributed by atoms with Crippen molar-refractivity contribution in [2.45, 2.75) is 13.3 Å². The fourth-order valence-electron chi connectivity index (χ4n) is 0.856. The number of rotatable bonds is 5. The molecular weight excluding hydrogens is 142 g/mol. The van der Waals surface area contributed by atoms with E-state index in [0.717, 1.165) is 24.9 Å². The SMILES string of the molecule is CCOCCC1=C(C=O)N=C1. The van der Waals surface area contributed by atoms with Gasteiger partial charge in [0.15, 0.2) is 6.29 Å². The summed E-state index contributed by atoms with van der Waals surface area (Å²) in [5.74, 6) is 0. The molecule has 0 aliphatic carbocycles. The summed E-state index contributed by atoms with van der Waals surface area (Å²) in [5, 5.41) is 0. The molecule has 0 amide bonds. The Hall–Kier alpha value is -0.960. The molecule has 0 bridgehead atoms. The van der Waals surface area contributed by atoms with Crippen LogP contribution in [0.4, 0.5) is 0 Å². The predicted molar refractivity (Wildman–Crippen MR) is 42.7 cm³/mol. The number of aldehydes is 1. The highest BCUT2D eigenvalue weighted by Gasteiger charge is 2.09. The van der Waals surface area contributed by atoms with E-state index in [9.17, 15) is 4.79 Å². The van der Waals surface area contributed by atoms with E-state index < -0.39 is 0 Å². The van der Waals surface area contributed by atoms with Crippen LogP contribution in [0.15, 0.2) is 16.3 Å². The summed E-state index contributed by atoms with van der Waals surface area (Å²) < 4.78 is 5.12. The van der Waals surface area contributed by atoms with Gasteiger partial charge in [0.25, 0.3) is 0 Å². The van der Waals surface area contributed by atoms with Gasteiger partial charge >= 0.3 is 0 Å². The molecule has 0 aromatic rings. The maximum absolute atomic E-state index is 10.2. The summed E-state index contributed by atoms with van der Waals surface area (Å²) >= 11 is 0. The van der Waals surface area contributed by atoms with Gasteiger partial charge < -0.3 is 4.74 Å². The van der Waals surface area contributed by atoms with E-state index in [4.69, 9.17) is 4.74 Å². The molecule has 0 N–H and O–H groups in total. The normalized spacial score (nSPS) is 15.0. The zero-order valence-corrected chi connectivity index (χ0v) is 6.54. The highest BCUT2D eigenvalue weighted by Crippen LogP contribution is 2.14. The summed E-state index contributed by atoms with van der Waals surface area (Å²) in [7, 11) is 0. The van der Waals surface area contributed by atoms with Gasteiger partial charge in [0.1, 0.15) is 5.70 Å². The summed E-state index contributed by atoms with van der Waals surface area (Å²) in [5.41, 5.74) is 1.58. The second-order valence-corrected chi connectivity index (χ2v) is 2.23. The lowest BCUT2D eigenvalue weighted by atomic mass is 10.1. The van der Waals surface area contributed by atoms with Crippen LogP contribution in [0.1, 0.15) is 13.3 Å². The minimum atomic E-state index is 0.574. The van der Waals surface area contributed by atoms with Gasteiger partial charge in [0.2, 0.25) is 0 Å². The van der Waals surface area contributed by atoms with E-state index in [1.54, 1.807) is 6.21 Å². The zero-order chi connectivity index (χ0) is 8.10. The molecule has 0 saturated heterocycles. The third kappa shape index (κ3) is 1.98. The third-order valence-corrected chi connectivity index (χ3v) is 1.52. The standard InChI is InChI=1S/C8H11NO2/c1-2-11-4-3-7-5-9-8(7)6-10/h5-6H,2-4H2,1H3. The van der Waals surface area contributed by atoms with Gasteiger partial charge in [-0.2, -0.15) is 0 Å². The number of carbonyl (C=O) groups is 1. The molecule has 1 heterocycles. The molecule has 0 aromatic carbocycles. The maximum atomic E-state index is 10.2. The Morgan fingerprint density at radius 3 is 3.00 bits per heavy atom. The molecular formula is C8H11NO2. The van der Waals surface area contributed by atoms with Gasteiger partial charge in [-0.05, 0) is 13.3 Å². The molecule has 0 atom stereocenters. The fraction of sp³-hybridized carbons (Fsp3) is 0.500. The summed E-state index contributed by atoms with van der Waals surface area (Å²) in [6, 6.07) is 0. The van der Waals surface area contributed by atoms with Crippen LogP contribution in [0.5, 0.6) is 0 Å². The molecule has 1 aliphatic rings. The van der Waals surface area contributed by atoms with E-state index >= 15 is 0 Å². The van der Waals surface area contributed by atoms with E-state index in [-0.39, 0.29) is 0 Å². The van der Waals surface area contributed by atoms with Crippen molar-refractivity contribution in [3.05, 3.63) is 11.3 Å². The van der Waals surface area contributed by atoms with Gasteiger partial charge in [-0.1, -0.05) is 0 Å². The average Bonchev–Trinajstić information content (AvgIpc) is 1.97. The van der Waals surface area contributed by atoms with Crippen LogP contribution >= 0.6 is 0 Å². The Morgan fingerprint density at radius 1 is 1.73 bits per heavy atom. The molecule has 3 heteroatoms. The maximum Gasteiger partial charge on any atom is 0.168 e. The molecule has 11 heavy (non-hydrogen) atoms. The molecule has 3 nitrogen and oxygen atoms in total. The highest BCUT2D eigenvalue weighted by atomic mass is 16.5. The second-order valence-electron chi connectivity index (χ2n) is 2.23. The molecule has 60 valence electrons. The van der Waals surface area contributed by atoms with Crippen LogP contribution in [-0.4, -0.2) is 25.7 Å². The molecule has 0 unspecified atom stereocenters. The molecule has 0 spiro atoms. The molecule has 0 aromatic heterocycles. The van der Waals surface area contributed by atoms with Crippen LogP contribution in [0, 0.1) is 0 Å². The third-order valence-electron chi connectivity index (χ3n) is 1.52. The van der Waals surface area contributed by atoms with Crippen molar-refractivity contribution in [2.24, 2.45) is 4.99 Å². The largest absolute Gasteiger partial charge is 0.381 e. The monoisotopic (exact) mass is 153 g/mol. The van der Waals surface area contributed by atoms with E-state index in [1.165, 1.54) is 0 Å². The number of allylic oxidation sites excluding steroid dienone is 1. The number of nitrogens with zero attached hydrogens (tertiary/aromatic N) is 1. The minimum absolute atomic E-state index is 0.574. The first-order valence-electron chi connectivity index (χ1n) is 3.68. The molecule has 0 saturated carbocycles. The first kappa shape index (κ1) is 8.14. The van der Waals surface area contributed by atoms with E-state index in [1.807, 2.05) is 6.92 Å². The van der Waals surface area contributed by atoms with Crippen molar-refractivity contribution < 1.29 is 9.53 Å². The number of ether oxygens (including phenoxy) is 1. The predicted octanol–water partition coefficient (Wildman–Crippen LogP) is 0.950. The number of carbonyl (C=O) groups excluding carboxylic acids is 1. The molecule has 0 fully saturated rings. The van der Waals surface area contributed by atoms with Gasteiger partial charge in [-0.25, -0.2) is 0 Å². The first-order chi connectivity index (χ1) is 5.38. The van der Waals surface area contributed by atoms with Crippen molar-refractivity contribution in [3.63, 3.8) is 0 Å². The first-order valence-corrected chi connectivity index (χ1v) is 3.68. The van der Waals surface area contributed by atoms with Crippen LogP contribution < -0.4 is 0 Å². The van der Waals surface area contributed by atoms with Crippen molar-refractivity contribution >= 4 is 12.5 Å². The quantitative estimate of drug-likeness (QED) is 0.435. The second kappa shape index (κ2) is 4.03. The van der Waals surface area contributed by atoms with Crippen LogP contribution in [0.2, 0.25) is 0 Å². The summed E-state index contributed by atoms with van der Waals surface area (Å²) in [6.45, 7) is 3.35. The van der Waals surface area contributed by atoms with Gasteiger partial charge in [-0.3, -0.25) is 9.79 Å². The van der Waals surface area contributed by atoms with Crippen molar-refractivity contribution in [1.82, 2.24) is 0 Å².